The molecule has 0 aromatic heterocycles. The molecule has 12 aromatic rings. The van der Waals surface area contributed by atoms with Gasteiger partial charge in [0.05, 0.1) is 22.3 Å². The average Bonchev–Trinajstić information content (AvgIpc) is 3.37. The van der Waals surface area contributed by atoms with Gasteiger partial charge in [-0.25, -0.2) is 0 Å². The van der Waals surface area contributed by atoms with Gasteiger partial charge in [-0.2, -0.15) is 0 Å². The quantitative estimate of drug-likeness (QED) is 0.128. The van der Waals surface area contributed by atoms with E-state index in [1.807, 2.05) is 0 Å². The molecule has 0 unspecified atom stereocenters. The highest BCUT2D eigenvalue weighted by Crippen LogP contribution is 2.58. The van der Waals surface area contributed by atoms with Gasteiger partial charge in [0, 0.05) is 49.7 Å². The summed E-state index contributed by atoms with van der Waals surface area (Å²) in [6.45, 7) is 2.29. The fourth-order valence-electron chi connectivity index (χ4n) is 11.3. The standard InChI is InChI=1S/C63H39O/c1-38-51-53(39-22-6-2-7-23-39)57-47-34-18-14-30-43(47)45-32-16-20-36-49(45)59(57)55(41-26-10-4-11-27-41)61(51)63(64)62-52(38)54(40-24-8-3-9-25-40)58-48-35-19-15-31-44(48)46-33-17-21-37-50(46)60(58)56(62)42-28-12-5-13-29-42/h2-37H,1H3/q+1. The van der Waals surface area contributed by atoms with Gasteiger partial charge in [-0.05, 0) is 85.4 Å². The van der Waals surface area contributed by atoms with Crippen LogP contribution < -0.4 is 0 Å². The van der Waals surface area contributed by atoms with E-state index in [9.17, 15) is 0 Å². The third-order valence-corrected chi connectivity index (χ3v) is 13.8. The summed E-state index contributed by atoms with van der Waals surface area (Å²) in [7, 11) is 0. The number of carbonyl (C=O) groups is 1. The lowest BCUT2D eigenvalue weighted by molar-refractivity contribution is 0.103. The van der Waals surface area contributed by atoms with Crippen molar-refractivity contribution in [2.24, 2.45) is 0 Å². The lowest BCUT2D eigenvalue weighted by atomic mass is 9.66. The Morgan fingerprint density at radius 3 is 0.750 bits per heavy atom. The molecule has 0 aliphatic heterocycles. The summed E-state index contributed by atoms with van der Waals surface area (Å²) < 4.78 is 0. The van der Waals surface area contributed by atoms with Crippen molar-refractivity contribution >= 4 is 70.4 Å². The maximum Gasteiger partial charge on any atom is 0.261 e. The maximum atomic E-state index is 17.1. The van der Waals surface area contributed by atoms with E-state index in [4.69, 9.17) is 0 Å². The molecule has 1 heteroatoms. The number of fused-ring (bicyclic) bond motifs is 14. The minimum absolute atomic E-state index is 0.0425. The van der Waals surface area contributed by atoms with Crippen LogP contribution in [0.3, 0.4) is 0 Å². The summed E-state index contributed by atoms with van der Waals surface area (Å²) in [5.41, 5.74) is 11.9. The molecule has 0 N–H and O–H groups in total. The maximum absolute atomic E-state index is 17.1. The molecular weight excluding hydrogens is 773 g/mol. The molecule has 64 heavy (non-hydrogen) atoms. The van der Waals surface area contributed by atoms with E-state index in [2.05, 4.69) is 225 Å². The van der Waals surface area contributed by atoms with Gasteiger partial charge in [-0.1, -0.05) is 194 Å². The average molecular weight is 812 g/mol. The van der Waals surface area contributed by atoms with Crippen LogP contribution in [0, 0.1) is 5.92 Å². The number of hydrogen-bond acceptors (Lipinski definition) is 1. The first kappa shape index (κ1) is 36.4. The zero-order valence-corrected chi connectivity index (χ0v) is 35.2. The van der Waals surface area contributed by atoms with Gasteiger partial charge in [-0.3, -0.25) is 4.79 Å². The highest BCUT2D eigenvalue weighted by atomic mass is 16.1. The lowest BCUT2D eigenvalue weighted by Gasteiger charge is -2.30. The Kier molecular flexibility index (Phi) is 8.04. The molecule has 0 fully saturated rings. The largest absolute Gasteiger partial charge is 0.269 e. The molecule has 1 aliphatic carbocycles. The number of carbonyl (C=O) groups excluding carboxylic acids is 1. The number of ketones is 1. The van der Waals surface area contributed by atoms with Gasteiger partial charge >= 0.3 is 0 Å². The van der Waals surface area contributed by atoms with Crippen LogP contribution in [0.15, 0.2) is 218 Å². The smallest absolute Gasteiger partial charge is 0.261 e. The second-order valence-corrected chi connectivity index (χ2v) is 17.1. The predicted molar refractivity (Wildman–Crippen MR) is 270 cm³/mol. The Hall–Kier alpha value is -8.26. The minimum atomic E-state index is 0.0425. The molecule has 0 saturated heterocycles. The fraction of sp³-hybridized carbons (Fsp3) is 0.0159. The third-order valence-electron chi connectivity index (χ3n) is 13.8. The molecule has 1 aliphatic rings. The number of rotatable bonds is 4. The molecular formula is C63H39O+. The second-order valence-electron chi connectivity index (χ2n) is 17.1. The minimum Gasteiger partial charge on any atom is -0.269 e. The second kappa shape index (κ2) is 14.1. The van der Waals surface area contributed by atoms with Crippen LogP contribution in [0.25, 0.3) is 109 Å². The van der Waals surface area contributed by atoms with Gasteiger partial charge in [-0.15, -0.1) is 0 Å². The molecule has 0 heterocycles. The van der Waals surface area contributed by atoms with E-state index in [0.29, 0.717) is 0 Å². The summed E-state index contributed by atoms with van der Waals surface area (Å²) >= 11 is 0. The van der Waals surface area contributed by atoms with Crippen molar-refractivity contribution in [1.82, 2.24) is 0 Å². The van der Waals surface area contributed by atoms with Crippen molar-refractivity contribution in [1.29, 1.82) is 0 Å². The number of hydrogen-bond donors (Lipinski definition) is 0. The molecule has 0 saturated carbocycles. The van der Waals surface area contributed by atoms with Crippen LogP contribution in [-0.2, 0) is 0 Å². The van der Waals surface area contributed by atoms with Crippen molar-refractivity contribution < 1.29 is 4.79 Å². The Bertz CT molecular complexity index is 3630. The van der Waals surface area contributed by atoms with Crippen molar-refractivity contribution in [3.8, 4) is 44.5 Å². The molecule has 0 atom stereocenters. The summed E-state index contributed by atoms with van der Waals surface area (Å²) in [6.07, 6.45) is 0. The monoisotopic (exact) mass is 811 g/mol. The van der Waals surface area contributed by atoms with Crippen molar-refractivity contribution in [2.45, 2.75) is 6.92 Å². The van der Waals surface area contributed by atoms with Crippen LogP contribution in [0.5, 0.6) is 0 Å². The van der Waals surface area contributed by atoms with Gasteiger partial charge in [0.25, 0.3) is 5.78 Å². The first-order valence-electron chi connectivity index (χ1n) is 22.2. The highest BCUT2D eigenvalue weighted by molar-refractivity contribution is 6.40. The molecule has 12 aromatic carbocycles. The van der Waals surface area contributed by atoms with Crippen LogP contribution in [-0.4, -0.2) is 5.78 Å². The Morgan fingerprint density at radius 1 is 0.250 bits per heavy atom. The first-order valence-corrected chi connectivity index (χ1v) is 22.2. The van der Waals surface area contributed by atoms with E-state index in [-0.39, 0.29) is 5.78 Å². The Morgan fingerprint density at radius 2 is 0.469 bits per heavy atom. The van der Waals surface area contributed by atoms with Gasteiger partial charge in [0.15, 0.2) is 0 Å². The van der Waals surface area contributed by atoms with E-state index < -0.39 is 0 Å². The summed E-state index contributed by atoms with van der Waals surface area (Å²) in [5.74, 6) is 1.14. The SMILES string of the molecule is C[C+]1c2c(c(-c3ccccc3)c3c4ccccc4c4ccccc4c3c2-c2ccccc2)C(=O)c2c1c(-c1ccccc1)c1c3ccccc3c3ccccc3c1c2-c1ccccc1. The molecule has 296 valence electrons. The zero-order chi connectivity index (χ0) is 42.5. The van der Waals surface area contributed by atoms with Crippen molar-refractivity contribution in [2.75, 3.05) is 0 Å². The van der Waals surface area contributed by atoms with E-state index in [0.717, 1.165) is 105 Å². The summed E-state index contributed by atoms with van der Waals surface area (Å²) in [5, 5.41) is 13.9. The molecule has 0 bridgehead atoms. The van der Waals surface area contributed by atoms with Crippen LogP contribution >= 0.6 is 0 Å². The van der Waals surface area contributed by atoms with Gasteiger partial charge < -0.3 is 0 Å². The molecule has 0 radical (unpaired) electrons. The Labute approximate surface area is 371 Å². The van der Waals surface area contributed by atoms with Crippen molar-refractivity contribution in [3.63, 3.8) is 0 Å². The van der Waals surface area contributed by atoms with E-state index in [1.165, 1.54) is 32.3 Å². The van der Waals surface area contributed by atoms with Crippen LogP contribution in [0.2, 0.25) is 0 Å². The molecule has 1 nitrogen and oxygen atoms in total. The molecule has 13 rings (SSSR count). The van der Waals surface area contributed by atoms with Crippen LogP contribution in [0.4, 0.5) is 0 Å². The normalized spacial score (nSPS) is 12.5. The van der Waals surface area contributed by atoms with Crippen LogP contribution in [0.1, 0.15) is 34.0 Å². The topological polar surface area (TPSA) is 17.1 Å². The molecule has 0 amide bonds. The van der Waals surface area contributed by atoms with E-state index in [1.54, 1.807) is 0 Å². The van der Waals surface area contributed by atoms with E-state index >= 15 is 4.79 Å². The fourth-order valence-corrected chi connectivity index (χ4v) is 11.3. The Balaban J connectivity index is 1.35. The first-order chi connectivity index (χ1) is 31.7. The summed E-state index contributed by atoms with van der Waals surface area (Å²) in [4.78, 5) is 17.1. The highest BCUT2D eigenvalue weighted by Gasteiger charge is 2.47. The number of benzene rings is 12. The zero-order valence-electron chi connectivity index (χ0n) is 35.2. The molecule has 0 spiro atoms. The third kappa shape index (κ3) is 5.07. The lowest BCUT2D eigenvalue weighted by Crippen LogP contribution is -2.23. The van der Waals surface area contributed by atoms with Crippen molar-refractivity contribution in [3.05, 3.63) is 247 Å². The van der Waals surface area contributed by atoms with Gasteiger partial charge in [0.2, 0.25) is 0 Å². The van der Waals surface area contributed by atoms with Gasteiger partial charge in [0.1, 0.15) is 11.1 Å². The predicted octanol–water partition coefficient (Wildman–Crippen LogP) is 16.8. The summed E-state index contributed by atoms with van der Waals surface area (Å²) in [6, 6.07) is 78.1.